The van der Waals surface area contributed by atoms with E-state index in [1.165, 1.54) is 23.7 Å². The fourth-order valence-electron chi connectivity index (χ4n) is 2.76. The number of nitrogens with zero attached hydrogens (tertiary/aromatic N) is 4. The predicted octanol–water partition coefficient (Wildman–Crippen LogP) is 3.85. The predicted molar refractivity (Wildman–Crippen MR) is 109 cm³/mol. The van der Waals surface area contributed by atoms with Crippen LogP contribution >= 0.6 is 22.9 Å². The van der Waals surface area contributed by atoms with E-state index in [0.29, 0.717) is 26.7 Å². The van der Waals surface area contributed by atoms with E-state index in [0.717, 1.165) is 5.69 Å². The van der Waals surface area contributed by atoms with E-state index in [9.17, 15) is 15.0 Å². The second kappa shape index (κ2) is 8.00. The van der Waals surface area contributed by atoms with Gasteiger partial charge in [-0.05, 0) is 30.3 Å². The third kappa shape index (κ3) is 3.97. The van der Waals surface area contributed by atoms with Crippen LogP contribution in [0.2, 0.25) is 5.02 Å². The van der Waals surface area contributed by atoms with Crippen molar-refractivity contribution in [3.05, 3.63) is 76.6 Å². The highest BCUT2D eigenvalue weighted by Gasteiger charge is 2.22. The number of aliphatic hydroxyl groups is 1. The number of thiophene rings is 1. The molecule has 0 spiro atoms. The number of carboxylic acids is 1. The second-order valence-corrected chi connectivity index (χ2v) is 7.35. The highest BCUT2D eigenvalue weighted by atomic mass is 35.5. The summed E-state index contributed by atoms with van der Waals surface area (Å²) in [6.07, 6.45) is 5.07. The summed E-state index contributed by atoms with van der Waals surface area (Å²) in [6.45, 7) is 0. The quantitative estimate of drug-likeness (QED) is 0.400. The van der Waals surface area contributed by atoms with E-state index in [2.05, 4.69) is 20.6 Å². The molecule has 8 nitrogen and oxygen atoms in total. The summed E-state index contributed by atoms with van der Waals surface area (Å²) in [5.74, 6) is -1.11. The van der Waals surface area contributed by atoms with Gasteiger partial charge in [0.2, 0.25) is 0 Å². The lowest BCUT2D eigenvalue weighted by molar-refractivity contribution is 0.0699. The minimum absolute atomic E-state index is 0.0618. The minimum Gasteiger partial charge on any atom is -0.478 e. The molecular weight excluding hydrogens is 414 g/mol. The second-order valence-electron chi connectivity index (χ2n) is 6.03. The molecule has 29 heavy (non-hydrogen) atoms. The highest BCUT2D eigenvalue weighted by molar-refractivity contribution is 7.14. The van der Waals surface area contributed by atoms with E-state index in [1.807, 2.05) is 12.1 Å². The number of hydrogen-bond donors (Lipinski definition) is 3. The number of aromatic carboxylic acids is 1. The fraction of sp³-hybridized carbons (Fsp3) is 0.0526. The van der Waals surface area contributed by atoms with Crippen molar-refractivity contribution in [2.45, 2.75) is 6.23 Å². The molecule has 1 unspecified atom stereocenters. The topological polar surface area (TPSA) is 113 Å². The van der Waals surface area contributed by atoms with Gasteiger partial charge in [0.1, 0.15) is 5.56 Å². The van der Waals surface area contributed by atoms with Crippen molar-refractivity contribution in [1.82, 2.24) is 20.0 Å². The number of halogens is 1. The Morgan fingerprint density at radius 1 is 1.17 bits per heavy atom. The van der Waals surface area contributed by atoms with E-state index >= 15 is 0 Å². The highest BCUT2D eigenvalue weighted by Crippen LogP contribution is 2.37. The largest absolute Gasteiger partial charge is 0.478 e. The van der Waals surface area contributed by atoms with Crippen LogP contribution < -0.4 is 5.32 Å². The maximum absolute atomic E-state index is 11.9. The van der Waals surface area contributed by atoms with Crippen LogP contribution in [0.1, 0.15) is 22.1 Å². The van der Waals surface area contributed by atoms with Gasteiger partial charge in [-0.1, -0.05) is 11.6 Å². The third-order valence-electron chi connectivity index (χ3n) is 4.16. The van der Waals surface area contributed by atoms with Crippen LogP contribution in [0.3, 0.4) is 0 Å². The molecule has 3 heterocycles. The molecule has 0 radical (unpaired) electrons. The van der Waals surface area contributed by atoms with Crippen LogP contribution in [0.25, 0.3) is 16.1 Å². The normalized spacial score (nSPS) is 11.9. The molecule has 0 aliphatic heterocycles. The number of carbonyl (C=O) groups is 1. The van der Waals surface area contributed by atoms with Crippen molar-refractivity contribution < 1.29 is 15.0 Å². The maximum atomic E-state index is 11.9. The monoisotopic (exact) mass is 427 g/mol. The van der Waals surface area contributed by atoms with Gasteiger partial charge in [-0.2, -0.15) is 15.3 Å². The molecule has 3 N–H and O–H groups in total. The van der Waals surface area contributed by atoms with Gasteiger partial charge in [0.15, 0.2) is 6.23 Å². The molecule has 0 saturated carbocycles. The number of hydrogen-bond acceptors (Lipinski definition) is 7. The molecule has 0 saturated heterocycles. The summed E-state index contributed by atoms with van der Waals surface area (Å²) < 4.78 is 1.64. The first-order valence-corrected chi connectivity index (χ1v) is 9.65. The number of rotatable bonds is 6. The van der Waals surface area contributed by atoms with Gasteiger partial charge in [-0.15, -0.1) is 11.3 Å². The van der Waals surface area contributed by atoms with Crippen LogP contribution in [-0.2, 0) is 0 Å². The molecule has 4 rings (SSSR count). The van der Waals surface area contributed by atoms with Gasteiger partial charge >= 0.3 is 5.97 Å². The Bertz CT molecular complexity index is 1140. The average molecular weight is 428 g/mol. The molecule has 0 aliphatic carbocycles. The van der Waals surface area contributed by atoms with Gasteiger partial charge in [0.25, 0.3) is 0 Å². The Morgan fingerprint density at radius 2 is 1.97 bits per heavy atom. The van der Waals surface area contributed by atoms with Crippen LogP contribution in [0.15, 0.2) is 60.5 Å². The lowest BCUT2D eigenvalue weighted by Crippen LogP contribution is -2.12. The number of aliphatic hydroxyl groups excluding tert-OH is 1. The summed E-state index contributed by atoms with van der Waals surface area (Å²) in [5, 5.41) is 36.9. The van der Waals surface area contributed by atoms with E-state index in [1.54, 1.807) is 40.7 Å². The molecule has 146 valence electrons. The zero-order valence-corrected chi connectivity index (χ0v) is 16.3. The molecule has 4 aromatic rings. The average Bonchev–Trinajstić information content (AvgIpc) is 3.36. The molecule has 3 aromatic heterocycles. The Morgan fingerprint density at radius 3 is 2.66 bits per heavy atom. The summed E-state index contributed by atoms with van der Waals surface area (Å²) in [4.78, 5) is 12.5. The molecule has 10 heteroatoms. The number of benzene rings is 1. The first-order valence-electron chi connectivity index (χ1n) is 8.40. The minimum atomic E-state index is -1.12. The SMILES string of the molecule is O=C(O)c1c(NC(O)c2ccnnc2)csc1-c1cnn(-c2ccc(Cl)cc2)c1. The van der Waals surface area contributed by atoms with E-state index in [4.69, 9.17) is 11.6 Å². The van der Waals surface area contributed by atoms with Crippen molar-refractivity contribution in [2.75, 3.05) is 5.32 Å². The molecule has 0 bridgehead atoms. The third-order valence-corrected chi connectivity index (χ3v) is 5.44. The zero-order valence-electron chi connectivity index (χ0n) is 14.7. The number of nitrogens with one attached hydrogen (secondary N) is 1. The standard InChI is InChI=1S/C19H14ClN5O3S/c20-13-1-3-14(4-2-13)25-9-12(8-23-25)17-16(19(27)28)15(10-29-17)24-18(26)11-5-6-21-22-7-11/h1-10,18,24,26H,(H,27,28). The Labute approximate surface area is 174 Å². The van der Waals surface area contributed by atoms with Crippen molar-refractivity contribution in [3.63, 3.8) is 0 Å². The van der Waals surface area contributed by atoms with Gasteiger partial charge in [-0.25, -0.2) is 9.48 Å². The Balaban J connectivity index is 1.65. The summed E-state index contributed by atoms with van der Waals surface area (Å²) in [5.41, 5.74) is 2.29. The first kappa shape index (κ1) is 19.1. The molecular formula is C19H14ClN5O3S. The van der Waals surface area contributed by atoms with Crippen LogP contribution in [-0.4, -0.2) is 36.2 Å². The van der Waals surface area contributed by atoms with Gasteiger partial charge in [0, 0.05) is 27.7 Å². The maximum Gasteiger partial charge on any atom is 0.339 e. The van der Waals surface area contributed by atoms with Crippen LogP contribution in [0.4, 0.5) is 5.69 Å². The lowest BCUT2D eigenvalue weighted by atomic mass is 10.1. The first-order chi connectivity index (χ1) is 14.0. The number of carboxylic acid groups (broad SMARTS) is 1. The Hall–Kier alpha value is -3.27. The van der Waals surface area contributed by atoms with E-state index < -0.39 is 12.2 Å². The molecule has 0 fully saturated rings. The molecule has 1 aromatic carbocycles. The zero-order chi connectivity index (χ0) is 20.4. The number of aromatic nitrogens is 4. The van der Waals surface area contributed by atoms with Crippen molar-refractivity contribution in [2.24, 2.45) is 0 Å². The molecule has 0 amide bonds. The summed E-state index contributed by atoms with van der Waals surface area (Å²) >= 11 is 7.17. The lowest BCUT2D eigenvalue weighted by Gasteiger charge is -2.13. The molecule has 1 atom stereocenters. The molecule has 0 aliphatic rings. The van der Waals surface area contributed by atoms with Crippen LogP contribution in [0, 0.1) is 0 Å². The smallest absolute Gasteiger partial charge is 0.339 e. The van der Waals surface area contributed by atoms with Crippen molar-refractivity contribution >= 4 is 34.6 Å². The number of anilines is 1. The van der Waals surface area contributed by atoms with Gasteiger partial charge in [-0.3, -0.25) is 0 Å². The Kier molecular flexibility index (Phi) is 5.26. The summed E-state index contributed by atoms with van der Waals surface area (Å²) in [6, 6.07) is 8.73. The fourth-order valence-corrected chi connectivity index (χ4v) is 3.86. The van der Waals surface area contributed by atoms with Gasteiger partial charge < -0.3 is 15.5 Å². The summed E-state index contributed by atoms with van der Waals surface area (Å²) in [7, 11) is 0. The van der Waals surface area contributed by atoms with Crippen molar-refractivity contribution in [1.29, 1.82) is 0 Å². The van der Waals surface area contributed by atoms with Gasteiger partial charge in [0.05, 0.1) is 34.8 Å². The van der Waals surface area contributed by atoms with Crippen molar-refractivity contribution in [3.8, 4) is 16.1 Å². The van der Waals surface area contributed by atoms with E-state index in [-0.39, 0.29) is 5.56 Å². The van der Waals surface area contributed by atoms with Crippen LogP contribution in [0.5, 0.6) is 0 Å².